The average Bonchev–Trinajstić information content (AvgIpc) is 2.28. The Balaban J connectivity index is 0. The molecule has 0 aliphatic rings. The van der Waals surface area contributed by atoms with Crippen molar-refractivity contribution in [2.75, 3.05) is 10.9 Å². The van der Waals surface area contributed by atoms with Crippen LogP contribution in [-0.2, 0) is 0 Å². The maximum Gasteiger partial charge on any atom is 0.291 e. The third-order valence-corrected chi connectivity index (χ3v) is 0.737. The Kier molecular flexibility index (Phi) is 9.95. The predicted molar refractivity (Wildman–Crippen MR) is 50.8 cm³/mol. The van der Waals surface area contributed by atoms with Crippen LogP contribution in [0.1, 0.15) is 0 Å². The van der Waals surface area contributed by atoms with Crippen molar-refractivity contribution in [2.24, 2.45) is 11.7 Å². The Bertz CT molecular complexity index is 309. The SMILES string of the molecule is NNc1nnc(NN)nn1.O=[N+]([O-])O.O=[N+]([O-])O. The van der Waals surface area contributed by atoms with Crippen LogP contribution in [0, 0.1) is 20.2 Å². The molecule has 1 heterocycles. The van der Waals surface area contributed by atoms with E-state index in [1.54, 1.807) is 0 Å². The molecule has 1 aromatic rings. The third-order valence-electron chi connectivity index (χ3n) is 0.737. The van der Waals surface area contributed by atoms with E-state index in [4.69, 9.17) is 42.3 Å². The summed E-state index contributed by atoms with van der Waals surface area (Å²) in [5, 5.41) is 41.1. The number of rotatable bonds is 2. The molecule has 16 nitrogen and oxygen atoms in total. The zero-order valence-electron chi connectivity index (χ0n) is 8.37. The number of aromatic nitrogens is 4. The molecule has 0 amide bonds. The van der Waals surface area contributed by atoms with E-state index in [1.807, 2.05) is 0 Å². The van der Waals surface area contributed by atoms with Crippen LogP contribution in [0.15, 0.2) is 0 Å². The molecule has 0 bridgehead atoms. The van der Waals surface area contributed by atoms with Crippen molar-refractivity contribution < 1.29 is 20.6 Å². The fraction of sp³-hybridized carbons (Fsp3) is 0. The molecule has 1 rings (SSSR count). The number of hydrogen-bond donors (Lipinski definition) is 6. The normalized spacial score (nSPS) is 7.67. The summed E-state index contributed by atoms with van der Waals surface area (Å²) in [7, 11) is 0. The highest BCUT2D eigenvalue weighted by Crippen LogP contribution is 1.90. The predicted octanol–water partition coefficient (Wildman–Crippen LogP) is -2.86. The second-order valence-corrected chi connectivity index (χ2v) is 1.81. The molecule has 0 atom stereocenters. The van der Waals surface area contributed by atoms with Gasteiger partial charge in [-0.3, -0.25) is 10.9 Å². The van der Waals surface area contributed by atoms with Crippen molar-refractivity contribution in [1.29, 1.82) is 0 Å². The first-order valence-corrected chi connectivity index (χ1v) is 3.50. The quantitative estimate of drug-likeness (QED) is 0.179. The monoisotopic (exact) mass is 268 g/mol. The van der Waals surface area contributed by atoms with E-state index < -0.39 is 10.2 Å². The molecule has 18 heavy (non-hydrogen) atoms. The van der Waals surface area contributed by atoms with Gasteiger partial charge in [-0.2, -0.15) is 0 Å². The number of anilines is 2. The standard InChI is InChI=1S/C2H6N8.2HNO3/c3-5-1-7-9-2(6-4)10-8-1;2*2-1(3)4/h3-4H2,(H,5,7,8)(H,6,9,10);2*(H,2,3,4). The highest BCUT2D eigenvalue weighted by Gasteiger charge is 1.94. The summed E-state index contributed by atoms with van der Waals surface area (Å²) >= 11 is 0. The van der Waals surface area contributed by atoms with Crippen LogP contribution in [0.2, 0.25) is 0 Å². The Morgan fingerprint density at radius 3 is 1.17 bits per heavy atom. The van der Waals surface area contributed by atoms with Gasteiger partial charge in [-0.1, -0.05) is 0 Å². The van der Waals surface area contributed by atoms with Gasteiger partial charge in [-0.25, -0.2) is 11.7 Å². The van der Waals surface area contributed by atoms with Gasteiger partial charge in [0.1, 0.15) is 0 Å². The molecule has 8 N–H and O–H groups in total. The van der Waals surface area contributed by atoms with Crippen LogP contribution in [0.4, 0.5) is 11.9 Å². The molecule has 0 saturated heterocycles. The minimum absolute atomic E-state index is 0.138. The van der Waals surface area contributed by atoms with E-state index in [0.717, 1.165) is 0 Å². The zero-order chi connectivity index (χ0) is 14.6. The maximum atomic E-state index is 8.36. The lowest BCUT2D eigenvalue weighted by atomic mass is 11.0. The molecule has 0 aliphatic heterocycles. The number of nitrogens with one attached hydrogen (secondary N) is 2. The van der Waals surface area contributed by atoms with Gasteiger partial charge in [-0.05, 0) is 0 Å². The zero-order valence-corrected chi connectivity index (χ0v) is 8.37. The third kappa shape index (κ3) is 15.3. The molecule has 0 radical (unpaired) electrons. The van der Waals surface area contributed by atoms with Crippen LogP contribution in [0.3, 0.4) is 0 Å². The van der Waals surface area contributed by atoms with Crippen molar-refractivity contribution in [3.05, 3.63) is 20.2 Å². The molecular weight excluding hydrogens is 260 g/mol. The number of nitrogens with two attached hydrogens (primary N) is 2. The summed E-state index contributed by atoms with van der Waals surface area (Å²) in [5.74, 6) is 10.1. The summed E-state index contributed by atoms with van der Waals surface area (Å²) in [6, 6.07) is 0. The van der Waals surface area contributed by atoms with Crippen LogP contribution < -0.4 is 22.5 Å². The highest BCUT2D eigenvalue weighted by atomic mass is 16.9. The van der Waals surface area contributed by atoms with Crippen LogP contribution in [0.25, 0.3) is 0 Å². The van der Waals surface area contributed by atoms with E-state index in [9.17, 15) is 0 Å². The van der Waals surface area contributed by atoms with Gasteiger partial charge in [-0.15, -0.1) is 40.6 Å². The smallest absolute Gasteiger partial charge is 0.291 e. The Morgan fingerprint density at radius 2 is 1.06 bits per heavy atom. The molecule has 1 aromatic heterocycles. The first-order chi connectivity index (χ1) is 8.33. The number of nitrogens with zero attached hydrogens (tertiary/aromatic N) is 6. The minimum atomic E-state index is -1.50. The topological polar surface area (TPSA) is 254 Å². The lowest BCUT2D eigenvalue weighted by molar-refractivity contribution is -0.742. The van der Waals surface area contributed by atoms with E-state index in [1.165, 1.54) is 0 Å². The van der Waals surface area contributed by atoms with Gasteiger partial charge in [0, 0.05) is 0 Å². The summed E-state index contributed by atoms with van der Waals surface area (Å²) < 4.78 is 0. The van der Waals surface area contributed by atoms with Gasteiger partial charge in [0.15, 0.2) is 0 Å². The van der Waals surface area contributed by atoms with E-state index >= 15 is 0 Å². The van der Waals surface area contributed by atoms with Crippen molar-refractivity contribution in [2.45, 2.75) is 0 Å². The molecule has 0 spiro atoms. The van der Waals surface area contributed by atoms with Crippen molar-refractivity contribution >= 4 is 11.9 Å². The molecular formula is C2H8N10O6. The van der Waals surface area contributed by atoms with Crippen molar-refractivity contribution in [1.82, 2.24) is 20.4 Å². The molecule has 16 heteroatoms. The van der Waals surface area contributed by atoms with Gasteiger partial charge in [0.25, 0.3) is 22.1 Å². The summed E-state index contributed by atoms with van der Waals surface area (Å²) in [5.41, 5.74) is 4.32. The summed E-state index contributed by atoms with van der Waals surface area (Å²) in [4.78, 5) is 16.7. The Morgan fingerprint density at radius 1 is 0.889 bits per heavy atom. The van der Waals surface area contributed by atoms with Crippen molar-refractivity contribution in [3.8, 4) is 0 Å². The van der Waals surface area contributed by atoms with Gasteiger partial charge < -0.3 is 10.4 Å². The Hall–Kier alpha value is -3.14. The Labute approximate surface area is 96.8 Å². The van der Waals surface area contributed by atoms with Gasteiger partial charge >= 0.3 is 0 Å². The molecule has 0 unspecified atom stereocenters. The number of hydrogen-bond acceptors (Lipinski definition) is 12. The van der Waals surface area contributed by atoms with Crippen LogP contribution >= 0.6 is 0 Å². The summed E-state index contributed by atoms with van der Waals surface area (Å²) in [6.45, 7) is 0. The average molecular weight is 268 g/mol. The molecule has 0 fully saturated rings. The second-order valence-electron chi connectivity index (χ2n) is 1.81. The first kappa shape index (κ1) is 17.3. The van der Waals surface area contributed by atoms with E-state index in [-0.39, 0.29) is 11.9 Å². The van der Waals surface area contributed by atoms with Crippen LogP contribution in [-0.4, -0.2) is 41.0 Å². The lowest BCUT2D eigenvalue weighted by Crippen LogP contribution is -2.16. The van der Waals surface area contributed by atoms with Crippen molar-refractivity contribution in [3.63, 3.8) is 0 Å². The second kappa shape index (κ2) is 10.4. The number of hydrazine groups is 2. The van der Waals surface area contributed by atoms with Crippen LogP contribution in [0.5, 0.6) is 0 Å². The number of nitrogen functional groups attached to an aromatic ring is 2. The van der Waals surface area contributed by atoms with E-state index in [0.29, 0.717) is 0 Å². The minimum Gasteiger partial charge on any atom is -0.328 e. The van der Waals surface area contributed by atoms with Gasteiger partial charge in [0.2, 0.25) is 0 Å². The largest absolute Gasteiger partial charge is 0.328 e. The fourth-order valence-electron chi connectivity index (χ4n) is 0.345. The molecule has 0 aromatic carbocycles. The first-order valence-electron chi connectivity index (χ1n) is 3.50. The highest BCUT2D eigenvalue weighted by molar-refractivity contribution is 5.21. The molecule has 0 aliphatic carbocycles. The lowest BCUT2D eigenvalue weighted by Gasteiger charge is -1.95. The summed E-state index contributed by atoms with van der Waals surface area (Å²) in [6.07, 6.45) is 0. The maximum absolute atomic E-state index is 8.36. The van der Waals surface area contributed by atoms with E-state index in [2.05, 4.69) is 31.2 Å². The molecule has 102 valence electrons. The fourth-order valence-corrected chi connectivity index (χ4v) is 0.345. The van der Waals surface area contributed by atoms with Gasteiger partial charge in [0.05, 0.1) is 0 Å². The molecule has 0 saturated carbocycles.